The average Bonchev–Trinajstić information content (AvgIpc) is 2.77. The van der Waals surface area contributed by atoms with E-state index < -0.39 is 15.9 Å². The molecule has 6 nitrogen and oxygen atoms in total. The summed E-state index contributed by atoms with van der Waals surface area (Å²) in [6.07, 6.45) is 1.29. The van der Waals surface area contributed by atoms with Crippen molar-refractivity contribution in [3.05, 3.63) is 46.2 Å². The monoisotopic (exact) mass is 347 g/mol. The van der Waals surface area contributed by atoms with Crippen LogP contribution in [-0.4, -0.2) is 18.9 Å². The Bertz CT molecular complexity index is 815. The lowest BCUT2D eigenvalue weighted by Crippen LogP contribution is -2.14. The van der Waals surface area contributed by atoms with Gasteiger partial charge in [0.2, 0.25) is 0 Å². The first-order valence-corrected chi connectivity index (χ1v) is 7.88. The van der Waals surface area contributed by atoms with Crippen molar-refractivity contribution >= 4 is 44.8 Å². The molecule has 3 N–H and O–H groups in total. The normalized spacial score (nSPS) is 11.4. The molecule has 0 unspecified atom stereocenters. The van der Waals surface area contributed by atoms with Crippen molar-refractivity contribution in [1.82, 2.24) is 4.57 Å². The van der Waals surface area contributed by atoms with E-state index in [9.17, 15) is 13.2 Å². The molecule has 1 heterocycles. The number of carbonyl (C=O) groups is 1. The highest BCUT2D eigenvalue weighted by molar-refractivity contribution is 7.92. The third kappa shape index (κ3) is 3.31. The second kappa shape index (κ2) is 5.59. The third-order valence-electron chi connectivity index (χ3n) is 2.71. The van der Waals surface area contributed by atoms with E-state index in [4.69, 9.17) is 28.9 Å². The first kappa shape index (κ1) is 15.7. The van der Waals surface area contributed by atoms with E-state index in [2.05, 4.69) is 4.72 Å². The summed E-state index contributed by atoms with van der Waals surface area (Å²) < 4.78 is 28.2. The molecule has 21 heavy (non-hydrogen) atoms. The molecule has 0 spiro atoms. The summed E-state index contributed by atoms with van der Waals surface area (Å²) in [6, 6.07) is 5.53. The lowest BCUT2D eigenvalue weighted by atomic mass is 10.3. The van der Waals surface area contributed by atoms with Crippen LogP contribution in [0.4, 0.5) is 5.69 Å². The number of carbonyl (C=O) groups excluding carboxylic acids is 1. The van der Waals surface area contributed by atoms with E-state index in [1.165, 1.54) is 42.1 Å². The molecule has 0 fully saturated rings. The van der Waals surface area contributed by atoms with Crippen LogP contribution in [0.1, 0.15) is 10.5 Å². The number of aromatic nitrogens is 1. The van der Waals surface area contributed by atoms with Crippen LogP contribution in [0, 0.1) is 0 Å². The Labute approximate surface area is 131 Å². The van der Waals surface area contributed by atoms with Gasteiger partial charge in [-0.2, -0.15) is 0 Å². The van der Waals surface area contributed by atoms with Crippen molar-refractivity contribution in [3.8, 4) is 0 Å². The predicted molar refractivity (Wildman–Crippen MR) is 81.2 cm³/mol. The predicted octanol–water partition coefficient (Wildman–Crippen LogP) is 2.23. The maximum atomic E-state index is 12.2. The van der Waals surface area contributed by atoms with Crippen molar-refractivity contribution in [2.24, 2.45) is 12.8 Å². The zero-order chi connectivity index (χ0) is 15.8. The standard InChI is InChI=1S/C12H11Cl2N3O3S/c1-17-6-8(5-11(17)12(15)18)21(19,20)16-7-2-3-9(13)10(14)4-7/h2-6,16H,1H3,(H2,15,18). The van der Waals surface area contributed by atoms with E-state index in [-0.39, 0.29) is 21.3 Å². The zero-order valence-corrected chi connectivity index (χ0v) is 13.1. The molecule has 0 bridgehead atoms. The summed E-state index contributed by atoms with van der Waals surface area (Å²) in [7, 11) is -2.33. The minimum atomic E-state index is -3.86. The first-order valence-electron chi connectivity index (χ1n) is 5.65. The van der Waals surface area contributed by atoms with E-state index in [0.29, 0.717) is 5.02 Å². The number of anilines is 1. The van der Waals surface area contributed by atoms with Gasteiger partial charge in [0.05, 0.1) is 15.7 Å². The van der Waals surface area contributed by atoms with Crippen molar-refractivity contribution in [1.29, 1.82) is 0 Å². The van der Waals surface area contributed by atoms with E-state index >= 15 is 0 Å². The molecular formula is C12H11Cl2N3O3S. The van der Waals surface area contributed by atoms with Gasteiger partial charge in [-0.1, -0.05) is 23.2 Å². The van der Waals surface area contributed by atoms with Gasteiger partial charge < -0.3 is 10.3 Å². The molecule has 9 heteroatoms. The molecular weight excluding hydrogens is 337 g/mol. The number of aryl methyl sites for hydroxylation is 1. The SMILES string of the molecule is Cn1cc(S(=O)(=O)Nc2ccc(Cl)c(Cl)c2)cc1C(N)=O. The fraction of sp³-hybridized carbons (Fsp3) is 0.0833. The number of rotatable bonds is 4. The van der Waals surface area contributed by atoms with Gasteiger partial charge in [0, 0.05) is 13.2 Å². The van der Waals surface area contributed by atoms with Gasteiger partial charge in [-0.25, -0.2) is 8.42 Å². The summed E-state index contributed by atoms with van der Waals surface area (Å²) in [4.78, 5) is 11.1. The third-order valence-corrected chi connectivity index (χ3v) is 4.80. The molecule has 1 aromatic heterocycles. The van der Waals surface area contributed by atoms with Gasteiger partial charge in [-0.3, -0.25) is 9.52 Å². The Hall–Kier alpha value is -1.70. The van der Waals surface area contributed by atoms with Gasteiger partial charge in [-0.05, 0) is 24.3 Å². The Balaban J connectivity index is 2.36. The highest BCUT2D eigenvalue weighted by Crippen LogP contribution is 2.26. The number of nitrogens with zero attached hydrogens (tertiary/aromatic N) is 1. The number of hydrogen-bond donors (Lipinski definition) is 2. The molecule has 0 aliphatic heterocycles. The van der Waals surface area contributed by atoms with Crippen LogP contribution in [0.2, 0.25) is 10.0 Å². The molecule has 2 aromatic rings. The highest BCUT2D eigenvalue weighted by atomic mass is 35.5. The molecule has 0 aliphatic carbocycles. The van der Waals surface area contributed by atoms with Crippen LogP contribution in [0.5, 0.6) is 0 Å². The summed E-state index contributed by atoms with van der Waals surface area (Å²) >= 11 is 11.6. The Morgan fingerprint density at radius 1 is 1.24 bits per heavy atom. The molecule has 0 saturated heterocycles. The number of primary amides is 1. The molecule has 1 amide bonds. The number of sulfonamides is 1. The Kier molecular flexibility index (Phi) is 4.18. The number of benzene rings is 1. The van der Waals surface area contributed by atoms with Gasteiger partial charge in [-0.15, -0.1) is 0 Å². The quantitative estimate of drug-likeness (QED) is 0.887. The lowest BCUT2D eigenvalue weighted by molar-refractivity contribution is 0.0992. The average molecular weight is 348 g/mol. The van der Waals surface area contributed by atoms with Gasteiger partial charge >= 0.3 is 0 Å². The molecule has 0 atom stereocenters. The van der Waals surface area contributed by atoms with Crippen molar-refractivity contribution in [2.75, 3.05) is 4.72 Å². The van der Waals surface area contributed by atoms with Gasteiger partial charge in [0.1, 0.15) is 10.6 Å². The van der Waals surface area contributed by atoms with E-state index in [1.54, 1.807) is 0 Å². The van der Waals surface area contributed by atoms with Crippen molar-refractivity contribution in [2.45, 2.75) is 4.90 Å². The maximum absolute atomic E-state index is 12.2. The summed E-state index contributed by atoms with van der Waals surface area (Å²) in [5, 5.41) is 0.540. The van der Waals surface area contributed by atoms with Gasteiger partial charge in [0.25, 0.3) is 15.9 Å². The summed E-state index contributed by atoms with van der Waals surface area (Å²) in [5.41, 5.74) is 5.50. The smallest absolute Gasteiger partial charge is 0.265 e. The second-order valence-corrected chi connectivity index (χ2v) is 6.77. The molecule has 112 valence electrons. The number of nitrogens with one attached hydrogen (secondary N) is 1. The highest BCUT2D eigenvalue weighted by Gasteiger charge is 2.19. The van der Waals surface area contributed by atoms with Crippen LogP contribution in [-0.2, 0) is 17.1 Å². The summed E-state index contributed by atoms with van der Waals surface area (Å²) in [5.74, 6) is -0.714. The number of halogens is 2. The van der Waals surface area contributed by atoms with E-state index in [0.717, 1.165) is 0 Å². The van der Waals surface area contributed by atoms with E-state index in [1.807, 2.05) is 0 Å². The minimum absolute atomic E-state index is 0.0788. The first-order chi connectivity index (χ1) is 9.70. The minimum Gasteiger partial charge on any atom is -0.364 e. The second-order valence-electron chi connectivity index (χ2n) is 4.27. The number of nitrogens with two attached hydrogens (primary N) is 1. The molecule has 0 aliphatic rings. The van der Waals surface area contributed by atoms with Crippen molar-refractivity contribution < 1.29 is 13.2 Å². The molecule has 2 rings (SSSR count). The molecule has 1 aromatic carbocycles. The molecule has 0 radical (unpaired) electrons. The van der Waals surface area contributed by atoms with Crippen LogP contribution in [0.25, 0.3) is 0 Å². The van der Waals surface area contributed by atoms with Crippen LogP contribution < -0.4 is 10.5 Å². The topological polar surface area (TPSA) is 94.2 Å². The number of hydrogen-bond acceptors (Lipinski definition) is 3. The molecule has 0 saturated carbocycles. The Morgan fingerprint density at radius 2 is 1.90 bits per heavy atom. The number of amides is 1. The summed E-state index contributed by atoms with van der Waals surface area (Å²) in [6.45, 7) is 0. The fourth-order valence-electron chi connectivity index (χ4n) is 1.70. The van der Waals surface area contributed by atoms with Crippen LogP contribution in [0.3, 0.4) is 0 Å². The fourth-order valence-corrected chi connectivity index (χ4v) is 3.12. The largest absolute Gasteiger partial charge is 0.364 e. The maximum Gasteiger partial charge on any atom is 0.265 e. The zero-order valence-electron chi connectivity index (χ0n) is 10.8. The van der Waals surface area contributed by atoms with Crippen LogP contribution >= 0.6 is 23.2 Å². The van der Waals surface area contributed by atoms with Crippen molar-refractivity contribution in [3.63, 3.8) is 0 Å². The van der Waals surface area contributed by atoms with Gasteiger partial charge in [0.15, 0.2) is 0 Å². The lowest BCUT2D eigenvalue weighted by Gasteiger charge is -2.07. The van der Waals surface area contributed by atoms with Crippen LogP contribution in [0.15, 0.2) is 35.4 Å². The Morgan fingerprint density at radius 3 is 2.43 bits per heavy atom.